The van der Waals surface area contributed by atoms with E-state index in [1.165, 1.54) is 6.34 Å². The SMILES string of the molecule is CS(=O)(=O)O.NNC=Nc1ccc(C(=O)Oc2ccc(CC(=O)O)cc2)cc1. The molecule has 0 aliphatic carbocycles. The van der Waals surface area contributed by atoms with E-state index in [1.807, 2.05) is 0 Å². The van der Waals surface area contributed by atoms with Gasteiger partial charge in [0.05, 0.1) is 23.9 Å². The Morgan fingerprint density at radius 2 is 1.68 bits per heavy atom. The molecule has 0 heterocycles. The number of nitrogens with one attached hydrogen (secondary N) is 1. The van der Waals surface area contributed by atoms with E-state index in [0.717, 1.165) is 0 Å². The van der Waals surface area contributed by atoms with Crippen LogP contribution in [0.1, 0.15) is 15.9 Å². The second kappa shape index (κ2) is 10.8. The summed E-state index contributed by atoms with van der Waals surface area (Å²) >= 11 is 0. The molecule has 0 saturated heterocycles. The maximum absolute atomic E-state index is 12.0. The van der Waals surface area contributed by atoms with E-state index in [2.05, 4.69) is 10.4 Å². The second-order valence-electron chi connectivity index (χ2n) is 5.31. The average Bonchev–Trinajstić information content (AvgIpc) is 2.60. The number of aliphatic carboxylic acids is 1. The van der Waals surface area contributed by atoms with Gasteiger partial charge in [-0.05, 0) is 42.0 Å². The van der Waals surface area contributed by atoms with Crippen molar-refractivity contribution in [1.82, 2.24) is 5.43 Å². The van der Waals surface area contributed by atoms with E-state index < -0.39 is 22.1 Å². The van der Waals surface area contributed by atoms with Crippen molar-refractivity contribution in [3.63, 3.8) is 0 Å². The Morgan fingerprint density at radius 1 is 1.14 bits per heavy atom. The number of carboxylic acids is 1. The van der Waals surface area contributed by atoms with Crippen molar-refractivity contribution in [2.45, 2.75) is 6.42 Å². The third-order valence-corrected chi connectivity index (χ3v) is 2.88. The van der Waals surface area contributed by atoms with Crippen LogP contribution in [0.2, 0.25) is 0 Å². The average molecular weight is 409 g/mol. The van der Waals surface area contributed by atoms with Crippen LogP contribution in [0.3, 0.4) is 0 Å². The van der Waals surface area contributed by atoms with Crippen molar-refractivity contribution >= 4 is 34.1 Å². The van der Waals surface area contributed by atoms with E-state index in [4.69, 9.17) is 20.2 Å². The summed E-state index contributed by atoms with van der Waals surface area (Å²) in [6.45, 7) is 0. The standard InChI is InChI=1S/C16H15N3O4.CH4O3S/c17-19-10-18-13-5-3-12(4-6-13)16(22)23-14-7-1-11(2-8-14)9-15(20)21;1-5(2,3)4/h1-8,10H,9,17H2,(H,18,19)(H,20,21);1H3,(H,2,3,4). The van der Waals surface area contributed by atoms with Gasteiger partial charge < -0.3 is 15.3 Å². The molecule has 0 amide bonds. The van der Waals surface area contributed by atoms with Gasteiger partial charge in [-0.1, -0.05) is 12.1 Å². The van der Waals surface area contributed by atoms with Crippen molar-refractivity contribution in [3.8, 4) is 5.75 Å². The molecular formula is C17H19N3O7S. The third kappa shape index (κ3) is 10.0. The number of hydrazine groups is 1. The molecule has 11 heteroatoms. The first kappa shape index (κ1) is 22.8. The highest BCUT2D eigenvalue weighted by Crippen LogP contribution is 2.17. The van der Waals surface area contributed by atoms with Crippen molar-refractivity contribution in [3.05, 3.63) is 59.7 Å². The molecular weight excluding hydrogens is 390 g/mol. The van der Waals surface area contributed by atoms with Gasteiger partial charge in [0.1, 0.15) is 12.1 Å². The number of nitrogens with zero attached hydrogens (tertiary/aromatic N) is 1. The molecule has 0 saturated carbocycles. The van der Waals surface area contributed by atoms with E-state index in [-0.39, 0.29) is 6.42 Å². The molecule has 0 radical (unpaired) electrons. The zero-order chi connectivity index (χ0) is 21.2. The first-order valence-corrected chi connectivity index (χ1v) is 9.47. The molecule has 0 aliphatic heterocycles. The van der Waals surface area contributed by atoms with Crippen LogP contribution in [-0.2, 0) is 21.3 Å². The quantitative estimate of drug-likeness (QED) is 0.104. The zero-order valence-electron chi connectivity index (χ0n) is 14.8. The highest BCUT2D eigenvalue weighted by molar-refractivity contribution is 7.85. The van der Waals surface area contributed by atoms with Crippen molar-refractivity contribution in [1.29, 1.82) is 0 Å². The molecule has 2 aromatic rings. The van der Waals surface area contributed by atoms with Gasteiger partial charge in [-0.15, -0.1) is 0 Å². The van der Waals surface area contributed by atoms with Crippen molar-refractivity contribution < 1.29 is 32.4 Å². The minimum absolute atomic E-state index is 0.0755. The van der Waals surface area contributed by atoms with Crippen LogP contribution < -0.4 is 16.0 Å². The van der Waals surface area contributed by atoms with Gasteiger partial charge >= 0.3 is 11.9 Å². The molecule has 5 N–H and O–H groups in total. The molecule has 0 unspecified atom stereocenters. The number of carbonyl (C=O) groups excluding carboxylic acids is 1. The molecule has 2 aromatic carbocycles. The lowest BCUT2D eigenvalue weighted by molar-refractivity contribution is -0.136. The Bertz CT molecular complexity index is 916. The first-order valence-electron chi connectivity index (χ1n) is 7.62. The number of rotatable bonds is 6. The topological polar surface area (TPSA) is 168 Å². The van der Waals surface area contributed by atoms with E-state index in [1.54, 1.807) is 48.5 Å². The Labute approximate surface area is 161 Å². The Balaban J connectivity index is 0.000000696. The summed E-state index contributed by atoms with van der Waals surface area (Å²) in [6.07, 6.45) is 1.97. The van der Waals surface area contributed by atoms with Crippen LogP contribution in [0.15, 0.2) is 53.5 Å². The summed E-state index contributed by atoms with van der Waals surface area (Å²) in [7, 11) is -3.67. The number of nitrogens with two attached hydrogens (primary N) is 1. The summed E-state index contributed by atoms with van der Waals surface area (Å²) in [5.41, 5.74) is 3.93. The van der Waals surface area contributed by atoms with Gasteiger partial charge in [0.2, 0.25) is 0 Å². The summed E-state index contributed by atoms with van der Waals surface area (Å²) in [6, 6.07) is 12.8. The normalized spacial score (nSPS) is 10.7. The monoisotopic (exact) mass is 409 g/mol. The minimum Gasteiger partial charge on any atom is -0.481 e. The lowest BCUT2D eigenvalue weighted by Crippen LogP contribution is -2.18. The molecule has 0 spiro atoms. The number of hydrogen-bond donors (Lipinski definition) is 4. The smallest absolute Gasteiger partial charge is 0.343 e. The largest absolute Gasteiger partial charge is 0.481 e. The number of carboxylic acid groups (broad SMARTS) is 1. The summed E-state index contributed by atoms with van der Waals surface area (Å²) in [4.78, 5) is 26.6. The highest BCUT2D eigenvalue weighted by Gasteiger charge is 2.09. The van der Waals surface area contributed by atoms with Gasteiger partial charge in [0.15, 0.2) is 0 Å². The molecule has 0 aliphatic rings. The molecule has 10 nitrogen and oxygen atoms in total. The number of esters is 1. The van der Waals surface area contributed by atoms with Crippen LogP contribution in [-0.4, -0.2) is 42.6 Å². The van der Waals surface area contributed by atoms with Gasteiger partial charge in [0, 0.05) is 0 Å². The predicted molar refractivity (Wildman–Crippen MR) is 102 cm³/mol. The molecule has 28 heavy (non-hydrogen) atoms. The number of aliphatic imine (C=N–C) groups is 1. The van der Waals surface area contributed by atoms with E-state index in [0.29, 0.717) is 28.8 Å². The zero-order valence-corrected chi connectivity index (χ0v) is 15.6. The van der Waals surface area contributed by atoms with Crippen molar-refractivity contribution in [2.24, 2.45) is 10.8 Å². The van der Waals surface area contributed by atoms with Gasteiger partial charge in [-0.3, -0.25) is 9.35 Å². The molecule has 0 bridgehead atoms. The molecule has 0 fully saturated rings. The summed E-state index contributed by atoms with van der Waals surface area (Å²) in [5.74, 6) is 3.99. The predicted octanol–water partition coefficient (Wildman–Crippen LogP) is 1.16. The number of ether oxygens (including phenoxy) is 1. The lowest BCUT2D eigenvalue weighted by Gasteiger charge is -2.05. The molecule has 0 aromatic heterocycles. The van der Waals surface area contributed by atoms with Crippen molar-refractivity contribution in [2.75, 3.05) is 6.26 Å². The lowest BCUT2D eigenvalue weighted by atomic mass is 10.1. The Hall–Kier alpha value is -3.28. The number of carbonyl (C=O) groups is 2. The summed E-state index contributed by atoms with van der Waals surface area (Å²) < 4.78 is 31.1. The first-order chi connectivity index (χ1) is 13.1. The fourth-order valence-electron chi connectivity index (χ4n) is 1.81. The fourth-order valence-corrected chi connectivity index (χ4v) is 1.81. The maximum atomic E-state index is 12.0. The number of benzene rings is 2. The van der Waals surface area contributed by atoms with Crippen LogP contribution in [0.5, 0.6) is 5.75 Å². The number of hydrogen-bond acceptors (Lipinski definition) is 7. The second-order valence-corrected chi connectivity index (χ2v) is 6.77. The summed E-state index contributed by atoms with van der Waals surface area (Å²) in [5, 5.41) is 8.70. The van der Waals surface area contributed by atoms with Crippen LogP contribution in [0.25, 0.3) is 0 Å². The maximum Gasteiger partial charge on any atom is 0.343 e. The molecule has 2 rings (SSSR count). The fraction of sp³-hybridized carbons (Fsp3) is 0.118. The minimum atomic E-state index is -3.67. The molecule has 150 valence electrons. The van der Waals surface area contributed by atoms with E-state index in [9.17, 15) is 18.0 Å². The third-order valence-electron chi connectivity index (χ3n) is 2.88. The molecule has 0 atom stereocenters. The van der Waals surface area contributed by atoms with Gasteiger partial charge in [0.25, 0.3) is 10.1 Å². The Kier molecular flexibility index (Phi) is 8.75. The van der Waals surface area contributed by atoms with Gasteiger partial charge in [-0.2, -0.15) is 8.42 Å². The van der Waals surface area contributed by atoms with Crippen LogP contribution in [0, 0.1) is 0 Å². The highest BCUT2D eigenvalue weighted by atomic mass is 32.2. The van der Waals surface area contributed by atoms with E-state index >= 15 is 0 Å². The Morgan fingerprint density at radius 3 is 2.14 bits per heavy atom. The van der Waals surface area contributed by atoms with Crippen LogP contribution in [0.4, 0.5) is 5.69 Å². The van der Waals surface area contributed by atoms with Crippen LogP contribution >= 0.6 is 0 Å². The van der Waals surface area contributed by atoms with Gasteiger partial charge in [-0.25, -0.2) is 15.6 Å².